The summed E-state index contributed by atoms with van der Waals surface area (Å²) in [4.78, 5) is 71.3. The van der Waals surface area contributed by atoms with Crippen LogP contribution in [-0.2, 0) is 27.9 Å². The quantitative estimate of drug-likeness (QED) is 0.128. The van der Waals surface area contributed by atoms with Gasteiger partial charge in [-0.2, -0.15) is 10.1 Å². The molecule has 0 radical (unpaired) electrons. The van der Waals surface area contributed by atoms with E-state index in [0.29, 0.717) is 41.4 Å². The molecule has 17 heteroatoms. The average molecular weight is 855 g/mol. The van der Waals surface area contributed by atoms with Crippen LogP contribution in [0.25, 0.3) is 21.9 Å². The van der Waals surface area contributed by atoms with Crippen LogP contribution in [0.2, 0.25) is 0 Å². The molecule has 0 aliphatic carbocycles. The molecule has 1 unspecified atom stereocenters. The summed E-state index contributed by atoms with van der Waals surface area (Å²) in [5, 5.41) is 14.9. The number of likely N-dealkylation sites (N-methyl/N-ethyl adjacent to an activating group) is 1. The first-order chi connectivity index (χ1) is 30.0. The molecule has 336 valence electrons. The molecule has 2 atom stereocenters. The molecule has 8 rings (SSSR count). The van der Waals surface area contributed by atoms with Crippen LogP contribution in [0, 0.1) is 5.92 Å². The fourth-order valence-electron chi connectivity index (χ4n) is 8.71. The number of benzene rings is 1. The number of rotatable bonds is 13. The van der Waals surface area contributed by atoms with Gasteiger partial charge in [-0.15, -0.1) is 0 Å². The first-order valence-electron chi connectivity index (χ1n) is 22.0. The number of hydrogen-bond donors (Lipinski definition) is 3. The van der Waals surface area contributed by atoms with Crippen molar-refractivity contribution >= 4 is 62.8 Å². The molecule has 3 aliphatic heterocycles. The minimum absolute atomic E-state index is 0. The van der Waals surface area contributed by atoms with E-state index in [9.17, 15) is 19.2 Å². The van der Waals surface area contributed by atoms with Crippen molar-refractivity contribution in [3.05, 3.63) is 64.3 Å². The summed E-state index contributed by atoms with van der Waals surface area (Å²) in [5.74, 6) is 0.808. The van der Waals surface area contributed by atoms with Gasteiger partial charge in [0, 0.05) is 105 Å². The summed E-state index contributed by atoms with van der Waals surface area (Å²) >= 11 is 0. The Hall–Kier alpha value is -6.10. The van der Waals surface area contributed by atoms with Crippen LogP contribution in [0.3, 0.4) is 0 Å². The zero-order valence-corrected chi connectivity index (χ0v) is 37.0. The Morgan fingerprint density at radius 2 is 1.79 bits per heavy atom. The Labute approximate surface area is 366 Å². The SMILES string of the molecule is CC.CCCc1cnc(N2CCN(C[C@H]3CCN(c4ccc5c(C6CCC(=O)NC6=O)nn(C)c5c4)C3)CC2)nc1Nc1cnc2c(c1)cc(OCC(=O)NC)c(=O)n2C(C)C.[HH].[HH].[HH]. The number of piperazine rings is 1. The molecule has 7 heterocycles. The highest BCUT2D eigenvalue weighted by molar-refractivity contribution is 6.02. The van der Waals surface area contributed by atoms with Crippen LogP contribution in [0.4, 0.5) is 23.1 Å². The van der Waals surface area contributed by atoms with E-state index in [0.717, 1.165) is 98.7 Å². The number of nitrogens with one attached hydrogen (secondary N) is 3. The molecule has 3 N–H and O–H groups in total. The molecule has 0 spiro atoms. The highest BCUT2D eigenvalue weighted by Gasteiger charge is 2.33. The molecule has 3 fully saturated rings. The molecule has 5 aromatic rings. The van der Waals surface area contributed by atoms with Crippen LogP contribution in [0.5, 0.6) is 5.75 Å². The standard InChI is InChI=1S/C43H54N12O5.C2H6.3H2/c1-6-7-28-21-46-43(49-39(28)47-30-18-29-19-35(60-25-37(57)44-4)42(59)55(26(2)3)40(29)45-22-30)53-16-14-52(15-17-53)23-27-12-13-54(24-27)31-8-9-32-34(20-31)51(5)50-38(32)33-10-11-36(56)48-41(33)58;1-2;;;/h8-9,18-22,26-27,33H,6-7,10-17,23-25H2,1-5H3,(H,44,57)(H,46,47,49)(H,48,56,58);1-2H3;3*1H/t27-,33?;;;;/m1..../s1. The topological polar surface area (TPSA) is 185 Å². The molecular formula is C45H66N12O5. The van der Waals surface area contributed by atoms with Crippen molar-refractivity contribution < 1.29 is 23.4 Å². The minimum Gasteiger partial charge on any atom is -0.478 e. The van der Waals surface area contributed by atoms with Gasteiger partial charge < -0.3 is 25.2 Å². The number of amides is 3. The number of piperidine rings is 1. The largest absolute Gasteiger partial charge is 0.478 e. The van der Waals surface area contributed by atoms with Crippen molar-refractivity contribution in [3.63, 3.8) is 0 Å². The second-order valence-electron chi connectivity index (χ2n) is 16.4. The molecule has 62 heavy (non-hydrogen) atoms. The normalized spacial score (nSPS) is 18.3. The van der Waals surface area contributed by atoms with E-state index in [4.69, 9.17) is 19.8 Å². The summed E-state index contributed by atoms with van der Waals surface area (Å²) in [6.07, 6.45) is 7.29. The first kappa shape index (κ1) is 44.0. The molecule has 3 amide bonds. The number of fused-ring (bicyclic) bond motifs is 2. The molecule has 1 aromatic carbocycles. The van der Waals surface area contributed by atoms with Crippen molar-refractivity contribution in [2.75, 3.05) is 74.6 Å². The molecule has 4 aromatic heterocycles. The van der Waals surface area contributed by atoms with Crippen molar-refractivity contribution in [3.8, 4) is 5.75 Å². The van der Waals surface area contributed by atoms with Crippen LogP contribution >= 0.6 is 0 Å². The van der Waals surface area contributed by atoms with E-state index in [1.54, 1.807) is 16.8 Å². The molecule has 17 nitrogen and oxygen atoms in total. The fraction of sp³-hybridized carbons (Fsp3) is 0.511. The van der Waals surface area contributed by atoms with E-state index in [1.165, 1.54) is 7.05 Å². The van der Waals surface area contributed by atoms with Crippen molar-refractivity contribution in [2.45, 2.75) is 78.7 Å². The van der Waals surface area contributed by atoms with E-state index in [-0.39, 0.29) is 46.0 Å². The Morgan fingerprint density at radius 3 is 2.52 bits per heavy atom. The van der Waals surface area contributed by atoms with Crippen LogP contribution in [-0.4, -0.2) is 111 Å². The molecule has 0 bridgehead atoms. The van der Waals surface area contributed by atoms with Crippen LogP contribution in [0.1, 0.15) is 87.8 Å². The second kappa shape index (κ2) is 19.3. The van der Waals surface area contributed by atoms with Gasteiger partial charge in [0.1, 0.15) is 11.5 Å². The number of pyridine rings is 2. The van der Waals surface area contributed by atoms with Gasteiger partial charge in [-0.25, -0.2) is 9.97 Å². The van der Waals surface area contributed by atoms with Crippen LogP contribution in [0.15, 0.2) is 47.5 Å². The summed E-state index contributed by atoms with van der Waals surface area (Å²) in [6.45, 7) is 16.1. The number of aryl methyl sites for hydroxylation is 2. The minimum atomic E-state index is -0.416. The third kappa shape index (κ3) is 9.37. The Bertz CT molecular complexity index is 2510. The lowest BCUT2D eigenvalue weighted by atomic mass is 9.93. The predicted molar refractivity (Wildman–Crippen MR) is 248 cm³/mol. The highest BCUT2D eigenvalue weighted by Crippen LogP contribution is 2.34. The number of hydrogen-bond acceptors (Lipinski definition) is 13. The Morgan fingerprint density at radius 1 is 1.00 bits per heavy atom. The zero-order chi connectivity index (χ0) is 44.1. The Balaban J connectivity index is 0.00000182. The Kier molecular flexibility index (Phi) is 13.7. The maximum Gasteiger partial charge on any atom is 0.294 e. The van der Waals surface area contributed by atoms with E-state index >= 15 is 0 Å². The van der Waals surface area contributed by atoms with Crippen molar-refractivity contribution in [2.24, 2.45) is 13.0 Å². The lowest BCUT2D eigenvalue weighted by Crippen LogP contribution is -2.48. The van der Waals surface area contributed by atoms with E-state index in [2.05, 4.69) is 60.8 Å². The highest BCUT2D eigenvalue weighted by atomic mass is 16.5. The van der Waals surface area contributed by atoms with E-state index < -0.39 is 5.92 Å². The fourth-order valence-corrected chi connectivity index (χ4v) is 8.71. The lowest BCUT2D eigenvalue weighted by molar-refractivity contribution is -0.134. The van der Waals surface area contributed by atoms with Gasteiger partial charge in [-0.3, -0.25) is 38.6 Å². The number of ether oxygens (including phenoxy) is 1. The lowest BCUT2D eigenvalue weighted by Gasteiger charge is -2.36. The van der Waals surface area contributed by atoms with Gasteiger partial charge in [-0.05, 0) is 69.4 Å². The smallest absolute Gasteiger partial charge is 0.294 e. The predicted octanol–water partition coefficient (Wildman–Crippen LogP) is 5.41. The van der Waals surface area contributed by atoms with Gasteiger partial charge in [0.25, 0.3) is 11.5 Å². The average Bonchev–Trinajstić information content (AvgIpc) is 3.87. The number of carbonyl (C=O) groups excluding carboxylic acids is 3. The van der Waals surface area contributed by atoms with Crippen molar-refractivity contribution in [1.82, 2.24) is 44.8 Å². The third-order valence-electron chi connectivity index (χ3n) is 11.9. The number of imide groups is 1. The molecule has 3 saturated heterocycles. The van der Waals surface area contributed by atoms with Gasteiger partial charge >= 0.3 is 0 Å². The van der Waals surface area contributed by atoms with Crippen molar-refractivity contribution in [1.29, 1.82) is 0 Å². The van der Waals surface area contributed by atoms with Gasteiger partial charge in [0.15, 0.2) is 12.4 Å². The van der Waals surface area contributed by atoms with Gasteiger partial charge in [-0.1, -0.05) is 27.2 Å². The summed E-state index contributed by atoms with van der Waals surface area (Å²) in [5.41, 5.74) is 4.79. The maximum absolute atomic E-state index is 13.3. The summed E-state index contributed by atoms with van der Waals surface area (Å²) in [6, 6.07) is 9.78. The number of carbonyl (C=O) groups is 3. The summed E-state index contributed by atoms with van der Waals surface area (Å²) in [7, 11) is 3.44. The number of aromatic nitrogens is 6. The zero-order valence-electron chi connectivity index (χ0n) is 37.0. The van der Waals surface area contributed by atoms with Gasteiger partial charge in [0.05, 0.1) is 29.0 Å². The van der Waals surface area contributed by atoms with Gasteiger partial charge in [0.2, 0.25) is 17.8 Å². The number of anilines is 4. The second-order valence-corrected chi connectivity index (χ2v) is 16.4. The van der Waals surface area contributed by atoms with Crippen LogP contribution < -0.4 is 36.0 Å². The monoisotopic (exact) mass is 855 g/mol. The van der Waals surface area contributed by atoms with E-state index in [1.807, 2.05) is 51.7 Å². The maximum atomic E-state index is 13.3. The molecule has 3 aliphatic rings. The molecule has 0 saturated carbocycles. The molecular weight excluding hydrogens is 789 g/mol. The summed E-state index contributed by atoms with van der Waals surface area (Å²) < 4.78 is 9.07. The first-order valence-corrected chi connectivity index (χ1v) is 22.0. The number of nitrogens with zero attached hydrogens (tertiary/aromatic N) is 9. The third-order valence-corrected chi connectivity index (χ3v) is 11.9.